The van der Waals surface area contributed by atoms with Gasteiger partial charge in [0.2, 0.25) is 17.7 Å². The van der Waals surface area contributed by atoms with Crippen LogP contribution < -0.4 is 27.4 Å². The number of carboxylic acid groups (broad SMARTS) is 2. The van der Waals surface area contributed by atoms with Gasteiger partial charge < -0.3 is 42.6 Å². The van der Waals surface area contributed by atoms with E-state index in [0.29, 0.717) is 25.8 Å². The molecule has 0 saturated heterocycles. The highest BCUT2D eigenvalue weighted by atomic mass is 16.4. The van der Waals surface area contributed by atoms with E-state index in [1.165, 1.54) is 0 Å². The molecule has 0 spiro atoms. The van der Waals surface area contributed by atoms with Gasteiger partial charge in [-0.1, -0.05) is 38.5 Å². The maximum atomic E-state index is 13.3. The molecular formula is C27H40N6O7. The molecule has 1 heterocycles. The van der Waals surface area contributed by atoms with Crippen molar-refractivity contribution in [2.45, 2.75) is 76.5 Å². The number of hydrogen-bond acceptors (Lipinski definition) is 7. The minimum absolute atomic E-state index is 0.227. The molecule has 2 rings (SSSR count). The Hall–Kier alpha value is -3.97. The zero-order chi connectivity index (χ0) is 29.8. The van der Waals surface area contributed by atoms with E-state index in [2.05, 4.69) is 20.9 Å². The average molecular weight is 561 g/mol. The van der Waals surface area contributed by atoms with Crippen LogP contribution in [0.15, 0.2) is 30.5 Å². The summed E-state index contributed by atoms with van der Waals surface area (Å²) in [6, 6.07) is 2.78. The van der Waals surface area contributed by atoms with Crippen LogP contribution in [0.5, 0.6) is 0 Å². The number of unbranched alkanes of at least 4 members (excludes halogenated alkanes) is 1. The fourth-order valence-corrected chi connectivity index (χ4v) is 4.26. The lowest BCUT2D eigenvalue weighted by Gasteiger charge is -2.28. The number of amides is 3. The van der Waals surface area contributed by atoms with Crippen molar-refractivity contribution in [2.75, 3.05) is 6.54 Å². The number of carbonyl (C=O) groups is 5. The zero-order valence-electron chi connectivity index (χ0n) is 22.8. The number of hydrogen-bond donors (Lipinski definition) is 8. The second kappa shape index (κ2) is 15.6. The molecule has 0 unspecified atom stereocenters. The predicted octanol–water partition coefficient (Wildman–Crippen LogP) is 0.227. The van der Waals surface area contributed by atoms with Gasteiger partial charge >= 0.3 is 11.9 Å². The molecule has 2 aromatic rings. The number of rotatable bonds is 17. The van der Waals surface area contributed by atoms with Gasteiger partial charge in [0, 0.05) is 17.1 Å². The summed E-state index contributed by atoms with van der Waals surface area (Å²) in [5, 5.41) is 26.7. The van der Waals surface area contributed by atoms with Gasteiger partial charge in [0.05, 0.1) is 12.5 Å². The van der Waals surface area contributed by atoms with Crippen molar-refractivity contribution in [3.05, 3.63) is 36.0 Å². The van der Waals surface area contributed by atoms with Crippen LogP contribution in [0.25, 0.3) is 10.9 Å². The van der Waals surface area contributed by atoms with E-state index in [1.807, 2.05) is 24.3 Å². The quantitative estimate of drug-likeness (QED) is 0.124. The molecule has 0 aliphatic carbocycles. The molecule has 3 amide bonds. The first kappa shape index (κ1) is 32.2. The summed E-state index contributed by atoms with van der Waals surface area (Å²) in [5.74, 6) is -5.36. The molecule has 10 N–H and O–H groups in total. The largest absolute Gasteiger partial charge is 0.481 e. The van der Waals surface area contributed by atoms with Gasteiger partial charge in [-0.05, 0) is 49.8 Å². The summed E-state index contributed by atoms with van der Waals surface area (Å²) in [4.78, 5) is 64.9. The van der Waals surface area contributed by atoms with Crippen molar-refractivity contribution >= 4 is 40.6 Å². The van der Waals surface area contributed by atoms with Gasteiger partial charge in [0.1, 0.15) is 18.1 Å². The second-order valence-electron chi connectivity index (χ2n) is 9.88. The number of benzene rings is 1. The highest BCUT2D eigenvalue weighted by molar-refractivity contribution is 5.95. The van der Waals surface area contributed by atoms with Gasteiger partial charge in [0.25, 0.3) is 0 Å². The van der Waals surface area contributed by atoms with Crippen LogP contribution in [0.2, 0.25) is 0 Å². The van der Waals surface area contributed by atoms with E-state index in [1.54, 1.807) is 20.0 Å². The third-order valence-electron chi connectivity index (χ3n) is 6.82. The van der Waals surface area contributed by atoms with E-state index in [9.17, 15) is 29.1 Å². The number of nitrogens with two attached hydrogens (primary N) is 2. The van der Waals surface area contributed by atoms with E-state index < -0.39 is 66.2 Å². The first-order chi connectivity index (χ1) is 19.0. The summed E-state index contributed by atoms with van der Waals surface area (Å²) >= 11 is 0. The summed E-state index contributed by atoms with van der Waals surface area (Å²) in [6.07, 6.45) is 3.00. The highest BCUT2D eigenvalue weighted by Crippen LogP contribution is 2.19. The van der Waals surface area contributed by atoms with Gasteiger partial charge in [-0.15, -0.1) is 0 Å². The summed E-state index contributed by atoms with van der Waals surface area (Å²) in [7, 11) is 0. The zero-order valence-corrected chi connectivity index (χ0v) is 22.8. The Morgan fingerprint density at radius 3 is 2.25 bits per heavy atom. The molecule has 13 heteroatoms. The van der Waals surface area contributed by atoms with Gasteiger partial charge in [-0.25, -0.2) is 4.79 Å². The number of carboxylic acids is 2. The van der Waals surface area contributed by atoms with Crippen molar-refractivity contribution < 1.29 is 34.2 Å². The van der Waals surface area contributed by atoms with Crippen LogP contribution in [0.3, 0.4) is 0 Å². The van der Waals surface area contributed by atoms with Crippen LogP contribution in [0, 0.1) is 5.92 Å². The van der Waals surface area contributed by atoms with Crippen LogP contribution in [-0.4, -0.2) is 75.6 Å². The molecule has 13 nitrogen and oxygen atoms in total. The number of para-hydroxylation sites is 1. The van der Waals surface area contributed by atoms with Crippen LogP contribution in [-0.2, 0) is 30.4 Å². The standard InChI is InChI=1S/C27H40N6O7/c1-3-15(2)23(26(38)32-21(27(39)40)13-22(34)35)33-25(37)20(10-6-7-11-28)31-24(36)18(29)12-16-14-30-19-9-5-4-8-17(16)19/h4-5,8-9,14-15,18,20-21,23,30H,3,6-7,10-13,28-29H2,1-2H3,(H,31,36)(H,32,38)(H,33,37)(H,34,35)(H,39,40)/t15-,18-,20-,21-,23-/m0/s1. The number of nitrogens with one attached hydrogen (secondary N) is 4. The highest BCUT2D eigenvalue weighted by Gasteiger charge is 2.33. The normalized spacial score (nSPS) is 14.9. The van der Waals surface area contributed by atoms with E-state index in [-0.39, 0.29) is 12.8 Å². The van der Waals surface area contributed by atoms with Crippen molar-refractivity contribution in [3.8, 4) is 0 Å². The van der Waals surface area contributed by atoms with Gasteiger partial charge in [-0.3, -0.25) is 19.2 Å². The topological polar surface area (TPSA) is 230 Å². The smallest absolute Gasteiger partial charge is 0.326 e. The molecule has 0 fully saturated rings. The Labute approximate surface area is 232 Å². The van der Waals surface area contributed by atoms with Crippen molar-refractivity contribution in [3.63, 3.8) is 0 Å². The maximum absolute atomic E-state index is 13.3. The Bertz CT molecular complexity index is 1180. The van der Waals surface area contributed by atoms with Crippen molar-refractivity contribution in [1.29, 1.82) is 0 Å². The number of aliphatic carboxylic acids is 2. The fraction of sp³-hybridized carbons (Fsp3) is 0.519. The first-order valence-corrected chi connectivity index (χ1v) is 13.3. The van der Waals surface area contributed by atoms with Gasteiger partial charge in [-0.2, -0.15) is 0 Å². The molecular weight excluding hydrogens is 520 g/mol. The fourth-order valence-electron chi connectivity index (χ4n) is 4.26. The third-order valence-corrected chi connectivity index (χ3v) is 6.82. The first-order valence-electron chi connectivity index (χ1n) is 13.3. The predicted molar refractivity (Wildman–Crippen MR) is 148 cm³/mol. The van der Waals surface area contributed by atoms with E-state index >= 15 is 0 Å². The minimum atomic E-state index is -1.67. The number of fused-ring (bicyclic) bond motifs is 1. The molecule has 1 aromatic carbocycles. The molecule has 0 aliphatic rings. The summed E-state index contributed by atoms with van der Waals surface area (Å²) < 4.78 is 0. The number of H-pyrrole nitrogens is 1. The molecule has 0 bridgehead atoms. The lowest BCUT2D eigenvalue weighted by Crippen LogP contribution is -2.59. The third kappa shape index (κ3) is 9.35. The number of aromatic nitrogens is 1. The SMILES string of the molecule is CC[C@H](C)[C@H](NC(=O)[C@H](CCCCN)NC(=O)[C@@H](N)Cc1c[nH]c2ccccc12)C(=O)N[C@@H](CC(=O)O)C(=O)O. The monoisotopic (exact) mass is 560 g/mol. The number of carbonyl (C=O) groups excluding carboxylic acids is 3. The average Bonchev–Trinajstić information content (AvgIpc) is 3.32. The Morgan fingerprint density at radius 1 is 0.950 bits per heavy atom. The Balaban J connectivity index is 2.15. The summed E-state index contributed by atoms with van der Waals surface area (Å²) in [6.45, 7) is 3.87. The number of aromatic amines is 1. The second-order valence-corrected chi connectivity index (χ2v) is 9.88. The van der Waals surface area contributed by atoms with E-state index in [4.69, 9.17) is 16.6 Å². The van der Waals surface area contributed by atoms with E-state index in [0.717, 1.165) is 16.5 Å². The molecule has 1 aromatic heterocycles. The lowest BCUT2D eigenvalue weighted by atomic mass is 9.96. The van der Waals surface area contributed by atoms with Crippen molar-refractivity contribution in [1.82, 2.24) is 20.9 Å². The molecule has 40 heavy (non-hydrogen) atoms. The lowest BCUT2D eigenvalue weighted by molar-refractivity contribution is -0.147. The van der Waals surface area contributed by atoms with Crippen LogP contribution >= 0.6 is 0 Å². The van der Waals surface area contributed by atoms with Crippen molar-refractivity contribution in [2.24, 2.45) is 17.4 Å². The Kier molecular flexibility index (Phi) is 12.6. The molecule has 0 aliphatic heterocycles. The summed E-state index contributed by atoms with van der Waals surface area (Å²) in [5.41, 5.74) is 13.6. The minimum Gasteiger partial charge on any atom is -0.481 e. The molecule has 0 radical (unpaired) electrons. The molecule has 5 atom stereocenters. The Morgan fingerprint density at radius 2 is 1.62 bits per heavy atom. The molecule has 220 valence electrons. The molecule has 0 saturated carbocycles. The van der Waals surface area contributed by atoms with Gasteiger partial charge in [0.15, 0.2) is 0 Å². The van der Waals surface area contributed by atoms with Crippen LogP contribution in [0.1, 0.15) is 51.5 Å². The maximum Gasteiger partial charge on any atom is 0.326 e. The van der Waals surface area contributed by atoms with Crippen LogP contribution in [0.4, 0.5) is 0 Å².